The summed E-state index contributed by atoms with van der Waals surface area (Å²) in [6, 6.07) is 13.0. The minimum absolute atomic E-state index is 0.0788. The van der Waals surface area contributed by atoms with Crippen LogP contribution in [0.5, 0.6) is 0 Å². The molecule has 0 radical (unpaired) electrons. The molecule has 0 fully saturated rings. The number of nitrogens with zero attached hydrogens (tertiary/aromatic N) is 1. The largest absolute Gasteiger partial charge is 0.304 e. The number of hydrogen-bond acceptors (Lipinski definition) is 3. The highest BCUT2D eigenvalue weighted by atomic mass is 35.5. The smallest absolute Gasteiger partial charge is 0.141 e. The summed E-state index contributed by atoms with van der Waals surface area (Å²) in [5.41, 5.74) is 1.99. The zero-order chi connectivity index (χ0) is 14.8. The number of halogens is 2. The molecule has 21 heavy (non-hydrogen) atoms. The maximum Gasteiger partial charge on any atom is 0.141 e. The number of thiazole rings is 1. The summed E-state index contributed by atoms with van der Waals surface area (Å²) in [6.45, 7) is 2.70. The third kappa shape index (κ3) is 3.23. The van der Waals surface area contributed by atoms with Crippen molar-refractivity contribution in [1.82, 2.24) is 10.3 Å². The Labute approximate surface area is 131 Å². The Balaban J connectivity index is 1.70. The fourth-order valence-corrected chi connectivity index (χ4v) is 3.24. The lowest BCUT2D eigenvalue weighted by Gasteiger charge is -2.13. The second kappa shape index (κ2) is 6.10. The molecule has 0 spiro atoms. The highest BCUT2D eigenvalue weighted by Crippen LogP contribution is 2.23. The SMILES string of the molecule is CC(NCc1nc2ccccc2s1)c1ccc(F)c(Cl)c1. The van der Waals surface area contributed by atoms with E-state index < -0.39 is 5.82 Å². The molecule has 0 aliphatic carbocycles. The van der Waals surface area contributed by atoms with E-state index in [1.165, 1.54) is 10.8 Å². The first kappa shape index (κ1) is 14.4. The maximum absolute atomic E-state index is 13.2. The van der Waals surface area contributed by atoms with Crippen molar-refractivity contribution in [3.63, 3.8) is 0 Å². The molecular weight excluding hydrogens is 307 g/mol. The van der Waals surface area contributed by atoms with Gasteiger partial charge in [0.25, 0.3) is 0 Å². The zero-order valence-electron chi connectivity index (χ0n) is 11.4. The first-order chi connectivity index (χ1) is 10.1. The molecule has 0 saturated carbocycles. The van der Waals surface area contributed by atoms with Gasteiger partial charge in [-0.05, 0) is 36.8 Å². The summed E-state index contributed by atoms with van der Waals surface area (Å²) in [5, 5.41) is 4.58. The van der Waals surface area contributed by atoms with Gasteiger partial charge in [-0.3, -0.25) is 0 Å². The highest BCUT2D eigenvalue weighted by Gasteiger charge is 2.09. The van der Waals surface area contributed by atoms with Crippen molar-refractivity contribution in [2.45, 2.75) is 19.5 Å². The van der Waals surface area contributed by atoms with Crippen LogP contribution in [0.15, 0.2) is 42.5 Å². The molecule has 0 aliphatic heterocycles. The van der Waals surface area contributed by atoms with Gasteiger partial charge in [0.1, 0.15) is 10.8 Å². The van der Waals surface area contributed by atoms with Crippen molar-refractivity contribution in [3.8, 4) is 0 Å². The second-order valence-corrected chi connectivity index (χ2v) is 6.37. The van der Waals surface area contributed by atoms with Gasteiger partial charge in [-0.15, -0.1) is 11.3 Å². The van der Waals surface area contributed by atoms with Crippen LogP contribution < -0.4 is 5.32 Å². The monoisotopic (exact) mass is 320 g/mol. The topological polar surface area (TPSA) is 24.9 Å². The Hall–Kier alpha value is -1.49. The van der Waals surface area contributed by atoms with E-state index in [4.69, 9.17) is 11.6 Å². The van der Waals surface area contributed by atoms with Crippen LogP contribution in [-0.2, 0) is 6.54 Å². The first-order valence-corrected chi connectivity index (χ1v) is 7.86. The number of nitrogens with one attached hydrogen (secondary N) is 1. The summed E-state index contributed by atoms with van der Waals surface area (Å²) in [7, 11) is 0. The summed E-state index contributed by atoms with van der Waals surface area (Å²) in [5.74, 6) is -0.390. The molecule has 2 aromatic carbocycles. The number of benzene rings is 2. The predicted molar refractivity (Wildman–Crippen MR) is 86.3 cm³/mol. The summed E-state index contributed by atoms with van der Waals surface area (Å²) >= 11 is 7.50. The van der Waals surface area contributed by atoms with Gasteiger partial charge in [-0.25, -0.2) is 9.37 Å². The summed E-state index contributed by atoms with van der Waals surface area (Å²) < 4.78 is 14.4. The molecule has 0 bridgehead atoms. The summed E-state index contributed by atoms with van der Waals surface area (Å²) in [4.78, 5) is 4.58. The molecule has 0 saturated heterocycles. The molecule has 0 aliphatic rings. The molecule has 3 aromatic rings. The summed E-state index contributed by atoms with van der Waals surface area (Å²) in [6.07, 6.45) is 0. The third-order valence-corrected chi connectivity index (χ3v) is 4.67. The fourth-order valence-electron chi connectivity index (χ4n) is 2.14. The molecule has 2 nitrogen and oxygen atoms in total. The van der Waals surface area contributed by atoms with Gasteiger partial charge < -0.3 is 5.32 Å². The molecule has 3 rings (SSSR count). The molecule has 1 unspecified atom stereocenters. The van der Waals surface area contributed by atoms with Gasteiger partial charge in [0.2, 0.25) is 0 Å². The molecule has 5 heteroatoms. The van der Waals surface area contributed by atoms with E-state index in [0.29, 0.717) is 6.54 Å². The standard InChI is InChI=1S/C16H14ClFN2S/c1-10(11-6-7-13(18)12(17)8-11)19-9-16-20-14-4-2-3-5-15(14)21-16/h2-8,10,19H,9H2,1H3. The van der Waals surface area contributed by atoms with E-state index in [0.717, 1.165) is 16.1 Å². The number of hydrogen-bond donors (Lipinski definition) is 1. The van der Waals surface area contributed by atoms with Gasteiger partial charge in [0.15, 0.2) is 0 Å². The van der Waals surface area contributed by atoms with Crippen LogP contribution in [0.2, 0.25) is 5.02 Å². The van der Waals surface area contributed by atoms with Gasteiger partial charge in [-0.2, -0.15) is 0 Å². The van der Waals surface area contributed by atoms with Gasteiger partial charge in [0, 0.05) is 12.6 Å². The van der Waals surface area contributed by atoms with Gasteiger partial charge in [-0.1, -0.05) is 29.8 Å². The Morgan fingerprint density at radius 2 is 2.10 bits per heavy atom. The van der Waals surface area contributed by atoms with Crippen LogP contribution in [0.3, 0.4) is 0 Å². The van der Waals surface area contributed by atoms with Crippen LogP contribution in [-0.4, -0.2) is 4.98 Å². The van der Waals surface area contributed by atoms with Crippen molar-refractivity contribution >= 4 is 33.2 Å². The molecule has 108 valence electrons. The van der Waals surface area contributed by atoms with E-state index in [9.17, 15) is 4.39 Å². The lowest BCUT2D eigenvalue weighted by atomic mass is 10.1. The van der Waals surface area contributed by atoms with Gasteiger partial charge in [0.05, 0.1) is 15.2 Å². The van der Waals surface area contributed by atoms with Crippen LogP contribution in [0, 0.1) is 5.82 Å². The normalized spacial score (nSPS) is 12.7. The Bertz CT molecular complexity index is 739. The fraction of sp³-hybridized carbons (Fsp3) is 0.188. The van der Waals surface area contributed by atoms with Crippen molar-refractivity contribution in [3.05, 3.63) is 63.9 Å². The quantitative estimate of drug-likeness (QED) is 0.736. The molecule has 1 atom stereocenters. The minimum atomic E-state index is -0.390. The number of para-hydroxylation sites is 1. The molecule has 1 N–H and O–H groups in total. The van der Waals surface area contributed by atoms with E-state index in [2.05, 4.69) is 16.4 Å². The van der Waals surface area contributed by atoms with Crippen molar-refractivity contribution in [2.24, 2.45) is 0 Å². The zero-order valence-corrected chi connectivity index (χ0v) is 13.0. The van der Waals surface area contributed by atoms with Crippen LogP contribution >= 0.6 is 22.9 Å². The van der Waals surface area contributed by atoms with Gasteiger partial charge >= 0.3 is 0 Å². The van der Waals surface area contributed by atoms with Crippen LogP contribution in [0.4, 0.5) is 4.39 Å². The lowest BCUT2D eigenvalue weighted by Crippen LogP contribution is -2.18. The lowest BCUT2D eigenvalue weighted by molar-refractivity contribution is 0.570. The number of fused-ring (bicyclic) bond motifs is 1. The highest BCUT2D eigenvalue weighted by molar-refractivity contribution is 7.18. The molecule has 0 amide bonds. The molecule has 1 aromatic heterocycles. The third-order valence-electron chi connectivity index (χ3n) is 3.34. The van der Waals surface area contributed by atoms with Crippen LogP contribution in [0.1, 0.15) is 23.5 Å². The first-order valence-electron chi connectivity index (χ1n) is 6.66. The van der Waals surface area contributed by atoms with Crippen molar-refractivity contribution in [2.75, 3.05) is 0 Å². The predicted octanol–water partition coefficient (Wildman–Crippen LogP) is 4.94. The minimum Gasteiger partial charge on any atom is -0.304 e. The number of rotatable bonds is 4. The van der Waals surface area contributed by atoms with Crippen molar-refractivity contribution < 1.29 is 4.39 Å². The Morgan fingerprint density at radius 3 is 2.86 bits per heavy atom. The molecule has 1 heterocycles. The van der Waals surface area contributed by atoms with E-state index in [1.807, 2.05) is 25.1 Å². The van der Waals surface area contributed by atoms with Crippen molar-refractivity contribution in [1.29, 1.82) is 0 Å². The van der Waals surface area contributed by atoms with Crippen LogP contribution in [0.25, 0.3) is 10.2 Å². The average molecular weight is 321 g/mol. The number of aromatic nitrogens is 1. The second-order valence-electron chi connectivity index (χ2n) is 4.85. The average Bonchev–Trinajstić information content (AvgIpc) is 2.90. The maximum atomic E-state index is 13.2. The van der Waals surface area contributed by atoms with E-state index in [1.54, 1.807) is 23.5 Å². The Morgan fingerprint density at radius 1 is 1.29 bits per heavy atom. The molecular formula is C16H14ClFN2S. The Kier molecular flexibility index (Phi) is 4.19. The van der Waals surface area contributed by atoms with E-state index >= 15 is 0 Å². The van der Waals surface area contributed by atoms with E-state index in [-0.39, 0.29) is 11.1 Å².